The molecule has 1 saturated heterocycles. The van der Waals surface area contributed by atoms with Crippen molar-refractivity contribution in [3.63, 3.8) is 0 Å². The van der Waals surface area contributed by atoms with Gasteiger partial charge < -0.3 is 98.0 Å². The van der Waals surface area contributed by atoms with E-state index in [1.54, 1.807) is 24.3 Å². The third kappa shape index (κ3) is 25.2. The van der Waals surface area contributed by atoms with Gasteiger partial charge in [-0.15, -0.1) is 0 Å². The fourth-order valence-electron chi connectivity index (χ4n) is 8.45. The van der Waals surface area contributed by atoms with Crippen LogP contribution in [0.1, 0.15) is 101 Å². The van der Waals surface area contributed by atoms with Gasteiger partial charge >= 0.3 is 5.97 Å². The Morgan fingerprint density at radius 1 is 0.722 bits per heavy atom. The van der Waals surface area contributed by atoms with Crippen molar-refractivity contribution in [1.82, 2.24) is 42.1 Å². The zero-order valence-electron chi connectivity index (χ0n) is 44.9. The Hall–Kier alpha value is -6.88. The molecule has 0 saturated carbocycles. The summed E-state index contributed by atoms with van der Waals surface area (Å²) in [5.41, 5.74) is 45.8. The van der Waals surface area contributed by atoms with Gasteiger partial charge in [0.1, 0.15) is 36.1 Å². The molecule has 1 aliphatic heterocycles. The molecule has 1 aliphatic rings. The molecule has 0 radical (unpaired) electrons. The first-order chi connectivity index (χ1) is 37.7. The maximum absolute atomic E-state index is 14.4. The summed E-state index contributed by atoms with van der Waals surface area (Å²) in [6.07, 6.45) is 2.02. The number of nitrogens with two attached hydrogens (primary N) is 8. The van der Waals surface area contributed by atoms with Gasteiger partial charge in [0.2, 0.25) is 41.4 Å². The van der Waals surface area contributed by atoms with Crippen LogP contribution in [-0.2, 0) is 44.8 Å². The number of hydrogen-bond acceptors (Lipinski definition) is 19. The lowest BCUT2D eigenvalue weighted by Gasteiger charge is -2.34. The average Bonchev–Trinajstić information content (AvgIpc) is 3.95. The van der Waals surface area contributed by atoms with Crippen molar-refractivity contribution in [2.45, 2.75) is 151 Å². The molecule has 9 atom stereocenters. The highest BCUT2D eigenvalue weighted by atomic mass is 16.4. The number of likely N-dealkylation sites (tertiary alicyclic amines) is 1. The molecule has 2 rings (SSSR count). The molecule has 29 nitrogen and oxygen atoms in total. The van der Waals surface area contributed by atoms with Crippen LogP contribution >= 0.6 is 0 Å². The standard InChI is InChI=1S/C50H86N18O11/c51-21-3-1-9-32(57)42(71)67-41(39(69)28-56)47(76)65-33(11-5-23-53)43(72)61-29-40(70)62-36(12-6-24-54)48(77)68-26-8-14-38(68)46(75)64-35(20-19-30-15-17-31(27-55)18-16-30)45(74)63-34(10-2-4-22-52)44(73)66-37(49(78)79)13-7-25-60-50(58)59/h13,15-18,32-36,38-39,41,46,64,69,75H,1-12,14,19-26,28-29,51-54,56-57H2,(H,61,72)(H,62,70)(H,63,74)(H,65,76)(H,66,73)(H,67,71)(H,78,79)(H4,58,59,60)/b37-13-/t32-,33-,34-,35-,36+,38-,39-,41-,46?/m0/s1. The zero-order chi connectivity index (χ0) is 58.9. The number of rotatable bonds is 39. The first kappa shape index (κ1) is 68.2. The molecule has 26 N–H and O–H groups in total. The summed E-state index contributed by atoms with van der Waals surface area (Å²) in [5.74, 6) is -7.13. The van der Waals surface area contributed by atoms with Crippen molar-refractivity contribution < 1.29 is 53.7 Å². The Bertz CT molecular complexity index is 2210. The molecule has 0 bridgehead atoms. The Morgan fingerprint density at radius 2 is 1.32 bits per heavy atom. The largest absolute Gasteiger partial charge is 0.477 e. The maximum Gasteiger partial charge on any atom is 0.352 e. The van der Waals surface area contributed by atoms with Crippen LogP contribution in [0.4, 0.5) is 0 Å². The van der Waals surface area contributed by atoms with E-state index in [1.807, 2.05) is 6.07 Å². The molecule has 0 aromatic heterocycles. The number of aryl methyl sites for hydroxylation is 1. The van der Waals surface area contributed by atoms with E-state index in [4.69, 9.17) is 45.9 Å². The predicted molar refractivity (Wildman–Crippen MR) is 292 cm³/mol. The van der Waals surface area contributed by atoms with Gasteiger partial charge in [-0.3, -0.25) is 43.9 Å². The van der Waals surface area contributed by atoms with E-state index in [0.29, 0.717) is 44.2 Å². The number of hydrogen-bond donors (Lipinski definition) is 18. The number of carbonyl (C=O) groups is 8. The number of nitrogens with zero attached hydrogens (tertiary/aromatic N) is 3. The number of nitriles is 1. The number of benzene rings is 1. The van der Waals surface area contributed by atoms with Crippen LogP contribution in [0.15, 0.2) is 41.0 Å². The summed E-state index contributed by atoms with van der Waals surface area (Å²) in [4.78, 5) is 113. The minimum absolute atomic E-state index is 0.00442. The number of carboxylic acids is 1. The van der Waals surface area contributed by atoms with Gasteiger partial charge in [-0.25, -0.2) is 4.79 Å². The molecule has 1 unspecified atom stereocenters. The zero-order valence-corrected chi connectivity index (χ0v) is 44.9. The Kier molecular flexibility index (Phi) is 32.7. The van der Waals surface area contributed by atoms with Gasteiger partial charge in [0, 0.05) is 19.6 Å². The first-order valence-electron chi connectivity index (χ1n) is 26.7. The fraction of sp³-hybridized carbons (Fsp3) is 0.640. The van der Waals surface area contributed by atoms with E-state index >= 15 is 0 Å². The van der Waals surface area contributed by atoms with Gasteiger partial charge in [0.05, 0.1) is 42.4 Å². The molecule has 29 heteroatoms. The summed E-state index contributed by atoms with van der Waals surface area (Å²) < 4.78 is 0. The fourth-order valence-corrected chi connectivity index (χ4v) is 8.45. The lowest BCUT2D eigenvalue weighted by atomic mass is 10.0. The Balaban J connectivity index is 2.33. The van der Waals surface area contributed by atoms with E-state index in [2.05, 4.69) is 42.2 Å². The summed E-state index contributed by atoms with van der Waals surface area (Å²) in [7, 11) is 0. The predicted octanol–water partition coefficient (Wildman–Crippen LogP) is -6.06. The molecule has 0 spiro atoms. The Labute approximate surface area is 460 Å². The Morgan fingerprint density at radius 3 is 1.91 bits per heavy atom. The second-order valence-corrected chi connectivity index (χ2v) is 19.0. The molecule has 1 fully saturated rings. The molecule has 79 heavy (non-hydrogen) atoms. The molecular weight excluding hydrogens is 1030 g/mol. The van der Waals surface area contributed by atoms with Gasteiger partial charge in [-0.05, 0) is 134 Å². The normalized spacial score (nSPS) is 16.3. The lowest BCUT2D eigenvalue weighted by Crippen LogP contribution is -2.61. The molecular formula is C50H86N18O11. The van der Waals surface area contributed by atoms with Gasteiger partial charge in [-0.2, -0.15) is 5.26 Å². The highest BCUT2D eigenvalue weighted by molar-refractivity contribution is 5.97. The molecule has 442 valence electrons. The third-order valence-corrected chi connectivity index (χ3v) is 12.9. The van der Waals surface area contributed by atoms with Crippen LogP contribution in [0.2, 0.25) is 0 Å². The van der Waals surface area contributed by atoms with Crippen molar-refractivity contribution in [3.05, 3.63) is 47.2 Å². The minimum atomic E-state index is -1.59. The number of aliphatic carboxylic acids is 1. The minimum Gasteiger partial charge on any atom is -0.477 e. The van der Waals surface area contributed by atoms with Crippen LogP contribution in [0, 0.1) is 11.3 Å². The second kappa shape index (κ2) is 37.8. The van der Waals surface area contributed by atoms with Gasteiger partial charge in [-0.1, -0.05) is 24.6 Å². The van der Waals surface area contributed by atoms with Crippen molar-refractivity contribution in [1.29, 1.82) is 5.26 Å². The van der Waals surface area contributed by atoms with E-state index in [9.17, 15) is 58.9 Å². The van der Waals surface area contributed by atoms with E-state index in [0.717, 1.165) is 5.56 Å². The highest BCUT2D eigenvalue weighted by Gasteiger charge is 2.40. The van der Waals surface area contributed by atoms with E-state index < -0.39 is 121 Å². The summed E-state index contributed by atoms with van der Waals surface area (Å²) in [6.45, 7) is 0.0226. The van der Waals surface area contributed by atoms with E-state index in [1.165, 1.54) is 11.0 Å². The third-order valence-electron chi connectivity index (χ3n) is 12.9. The van der Waals surface area contributed by atoms with Crippen LogP contribution in [0.5, 0.6) is 0 Å². The molecule has 7 amide bonds. The summed E-state index contributed by atoms with van der Waals surface area (Å²) in [6, 6.07) is 0.127. The smallest absolute Gasteiger partial charge is 0.352 e. The molecule has 1 heterocycles. The number of aliphatic hydroxyl groups excluding tert-OH is 2. The number of guanidine groups is 1. The van der Waals surface area contributed by atoms with Gasteiger partial charge in [0.15, 0.2) is 5.96 Å². The number of nitrogens with one attached hydrogen (secondary N) is 7. The SMILES string of the molecule is N#Cc1ccc(CC[C@H](NC(O)[C@@H]2CCCN2C(=O)[C@@H](CCCN)NC(=O)CNC(=O)[C@H](CCCN)NC(=O)[C@@H](NC(=O)[C@@H](N)CCCCN)[C@@H](O)CN)C(=O)N[C@@H](CCCCN)C(=O)N/C(=C\CCN=C(N)N)C(=O)O)cc1. The highest BCUT2D eigenvalue weighted by Crippen LogP contribution is 2.23. The number of unbranched alkanes of at least 4 members (excludes halogenated alkanes) is 2. The first-order valence-corrected chi connectivity index (χ1v) is 26.7. The lowest BCUT2D eigenvalue weighted by molar-refractivity contribution is -0.140. The topological polar surface area (TPSA) is 529 Å². The number of aliphatic hydroxyl groups is 2. The quantitative estimate of drug-likeness (QED) is 0.00959. The number of carbonyl (C=O) groups excluding carboxylic acids is 7. The molecule has 1 aromatic rings. The van der Waals surface area contributed by atoms with Crippen LogP contribution in [0.25, 0.3) is 0 Å². The van der Waals surface area contributed by atoms with Crippen LogP contribution < -0.4 is 83.1 Å². The molecule has 0 aliphatic carbocycles. The van der Waals surface area contributed by atoms with Gasteiger partial charge in [0.25, 0.3) is 0 Å². The summed E-state index contributed by atoms with van der Waals surface area (Å²) >= 11 is 0. The monoisotopic (exact) mass is 1110 g/mol. The molecule has 1 aromatic carbocycles. The van der Waals surface area contributed by atoms with Crippen LogP contribution in [-0.4, -0.2) is 180 Å². The maximum atomic E-state index is 14.4. The van der Waals surface area contributed by atoms with Crippen molar-refractivity contribution in [3.8, 4) is 6.07 Å². The number of aliphatic imine (C=N–C) groups is 1. The van der Waals surface area contributed by atoms with Crippen molar-refractivity contribution in [2.75, 3.05) is 52.4 Å². The number of carboxylic acid groups (broad SMARTS) is 1. The average molecular weight is 1120 g/mol. The second-order valence-electron chi connectivity index (χ2n) is 19.0. The van der Waals surface area contributed by atoms with E-state index in [-0.39, 0.29) is 103 Å². The van der Waals surface area contributed by atoms with Crippen molar-refractivity contribution in [2.24, 2.45) is 50.9 Å². The summed E-state index contributed by atoms with van der Waals surface area (Å²) in [5, 5.41) is 59.6. The van der Waals surface area contributed by atoms with Crippen LogP contribution in [0.3, 0.4) is 0 Å². The number of amides is 7. The van der Waals surface area contributed by atoms with Crippen molar-refractivity contribution >= 4 is 53.3 Å².